The Morgan fingerprint density at radius 2 is 1.75 bits per heavy atom. The quantitative estimate of drug-likeness (QED) is 0.179. The van der Waals surface area contributed by atoms with E-state index in [1.165, 1.54) is 17.0 Å². The van der Waals surface area contributed by atoms with Gasteiger partial charge in [0.15, 0.2) is 23.1 Å². The molecule has 1 atom stereocenters. The summed E-state index contributed by atoms with van der Waals surface area (Å²) in [6, 6.07) is 26.7. The van der Waals surface area contributed by atoms with Crippen LogP contribution in [0.4, 0.5) is 15.8 Å². The van der Waals surface area contributed by atoms with E-state index in [1.807, 2.05) is 62.4 Å². The zero-order chi connectivity index (χ0) is 33.6. The van der Waals surface area contributed by atoms with Crippen molar-refractivity contribution in [3.05, 3.63) is 137 Å². The Kier molecular flexibility index (Phi) is 7.83. The van der Waals surface area contributed by atoms with Crippen LogP contribution < -0.4 is 15.0 Å². The van der Waals surface area contributed by atoms with E-state index >= 15 is 4.39 Å². The number of benzene rings is 4. The van der Waals surface area contributed by atoms with Gasteiger partial charge in [-0.2, -0.15) is 0 Å². The van der Waals surface area contributed by atoms with Crippen molar-refractivity contribution >= 4 is 23.1 Å². The number of phenols is 1. The topological polar surface area (TPSA) is 105 Å². The lowest BCUT2D eigenvalue weighted by atomic mass is 9.73. The van der Waals surface area contributed by atoms with Crippen molar-refractivity contribution < 1.29 is 28.2 Å². The Bertz CT molecular complexity index is 2070. The predicted molar refractivity (Wildman–Crippen MR) is 180 cm³/mol. The largest absolute Gasteiger partial charge is 0.506 e. The summed E-state index contributed by atoms with van der Waals surface area (Å²) in [5.41, 5.74) is 2.47. The number of aromatic hydroxyl groups is 1. The van der Waals surface area contributed by atoms with E-state index in [4.69, 9.17) is 9.15 Å². The van der Waals surface area contributed by atoms with Crippen LogP contribution in [0.5, 0.6) is 11.5 Å². The second kappa shape index (κ2) is 12.2. The first kappa shape index (κ1) is 30.9. The molecule has 0 saturated heterocycles. The number of aromatic nitrogens is 1. The number of carbonyl (C=O) groups is 2. The number of halogens is 1. The number of para-hydroxylation sites is 1. The average molecular weight is 644 g/mol. The zero-order valence-corrected chi connectivity index (χ0v) is 26.8. The molecule has 2 N–H and O–H groups in total. The molecule has 1 unspecified atom stereocenters. The molecule has 4 aromatic carbocycles. The number of carbonyl (C=O) groups excluding carboxylic acids is 2. The highest BCUT2D eigenvalue weighted by Gasteiger charge is 2.45. The van der Waals surface area contributed by atoms with Gasteiger partial charge in [0, 0.05) is 41.8 Å². The number of nitrogens with one attached hydrogen (secondary N) is 1. The molecule has 0 fully saturated rings. The van der Waals surface area contributed by atoms with Crippen molar-refractivity contribution in [2.45, 2.75) is 46.3 Å². The minimum Gasteiger partial charge on any atom is -0.506 e. The molecule has 242 valence electrons. The van der Waals surface area contributed by atoms with E-state index in [9.17, 15) is 14.7 Å². The molecular formula is C39H34FN3O5. The molecule has 48 heavy (non-hydrogen) atoms. The number of hydrogen-bond donors (Lipinski definition) is 2. The molecule has 0 saturated carbocycles. The number of ketones is 1. The summed E-state index contributed by atoms with van der Waals surface area (Å²) in [5.74, 6) is -0.835. The van der Waals surface area contributed by atoms with Crippen LogP contribution in [0.25, 0.3) is 11.3 Å². The van der Waals surface area contributed by atoms with Gasteiger partial charge in [0.1, 0.15) is 29.6 Å². The van der Waals surface area contributed by atoms with E-state index < -0.39 is 23.2 Å². The predicted octanol–water partition coefficient (Wildman–Crippen LogP) is 8.53. The highest BCUT2D eigenvalue weighted by molar-refractivity contribution is 6.13. The van der Waals surface area contributed by atoms with Crippen LogP contribution in [-0.2, 0) is 11.4 Å². The lowest BCUT2D eigenvalue weighted by Gasteiger charge is -2.37. The monoisotopic (exact) mass is 643 g/mol. The highest BCUT2D eigenvalue weighted by Crippen LogP contribution is 2.51. The van der Waals surface area contributed by atoms with Crippen LogP contribution >= 0.6 is 0 Å². The van der Waals surface area contributed by atoms with E-state index in [1.54, 1.807) is 43.3 Å². The molecule has 7 rings (SSSR count). The number of ether oxygens (including phenoxy) is 1. The number of phenolic OH excluding ortho intramolecular Hbond substituents is 1. The van der Waals surface area contributed by atoms with Crippen LogP contribution in [-0.4, -0.2) is 21.8 Å². The summed E-state index contributed by atoms with van der Waals surface area (Å²) in [4.78, 5) is 35.0. The molecule has 1 aliphatic carbocycles. The van der Waals surface area contributed by atoms with Crippen LogP contribution in [0.1, 0.15) is 60.2 Å². The lowest BCUT2D eigenvalue weighted by molar-refractivity contribution is -0.118. The molecular weight excluding hydrogens is 609 g/mol. The van der Waals surface area contributed by atoms with Crippen molar-refractivity contribution in [3.63, 3.8) is 0 Å². The highest BCUT2D eigenvalue weighted by atomic mass is 19.1. The Morgan fingerprint density at radius 3 is 2.48 bits per heavy atom. The molecule has 0 radical (unpaired) electrons. The summed E-state index contributed by atoms with van der Waals surface area (Å²) in [7, 11) is 0. The first-order valence-corrected chi connectivity index (χ1v) is 15.8. The van der Waals surface area contributed by atoms with Gasteiger partial charge >= 0.3 is 0 Å². The summed E-state index contributed by atoms with van der Waals surface area (Å²) in [6.45, 7) is 5.84. The van der Waals surface area contributed by atoms with Crippen LogP contribution in [0.15, 0.2) is 113 Å². The number of rotatable bonds is 6. The smallest absolute Gasteiger partial charge is 0.281 e. The molecule has 0 bridgehead atoms. The number of nitrogens with zero attached hydrogens (tertiary/aromatic N) is 2. The number of aryl methyl sites for hydroxylation is 1. The Balaban J connectivity index is 1.42. The minimum atomic E-state index is -1.21. The minimum absolute atomic E-state index is 0.00569. The molecule has 9 heteroatoms. The van der Waals surface area contributed by atoms with Crippen molar-refractivity contribution in [2.75, 3.05) is 10.2 Å². The number of oxazole rings is 1. The third-order valence-electron chi connectivity index (χ3n) is 8.71. The van der Waals surface area contributed by atoms with Gasteiger partial charge in [-0.25, -0.2) is 9.37 Å². The van der Waals surface area contributed by atoms with Gasteiger partial charge in [0.25, 0.3) is 5.91 Å². The summed E-state index contributed by atoms with van der Waals surface area (Å²) < 4.78 is 28.4. The van der Waals surface area contributed by atoms with Gasteiger partial charge in [-0.1, -0.05) is 80.6 Å². The Labute approximate surface area is 277 Å². The fraction of sp³-hybridized carbons (Fsp3) is 0.205. The molecule has 1 aliphatic heterocycles. The summed E-state index contributed by atoms with van der Waals surface area (Å²) >= 11 is 0. The van der Waals surface area contributed by atoms with Gasteiger partial charge in [-0.05, 0) is 41.7 Å². The third kappa shape index (κ3) is 5.72. The van der Waals surface area contributed by atoms with Crippen molar-refractivity contribution in [2.24, 2.45) is 5.41 Å². The summed E-state index contributed by atoms with van der Waals surface area (Å²) in [5, 5.41) is 14.4. The van der Waals surface area contributed by atoms with E-state index in [0.717, 1.165) is 5.56 Å². The van der Waals surface area contributed by atoms with Gasteiger partial charge in [-0.15, -0.1) is 0 Å². The third-order valence-corrected chi connectivity index (χ3v) is 8.71. The van der Waals surface area contributed by atoms with E-state index in [0.29, 0.717) is 23.4 Å². The molecule has 2 heterocycles. The van der Waals surface area contributed by atoms with Gasteiger partial charge in [0.05, 0.1) is 11.7 Å². The number of allylic oxidation sites excluding steroid dienone is 1. The molecule has 8 nitrogen and oxygen atoms in total. The molecule has 1 aromatic heterocycles. The van der Waals surface area contributed by atoms with E-state index in [2.05, 4.69) is 10.3 Å². The van der Waals surface area contributed by atoms with Gasteiger partial charge < -0.3 is 19.6 Å². The SMILES string of the molecule is Cc1nc(C(=O)N2c3cccc(O)c3NC3=C(C(=O)CC(C)(C)C3)C2c2ccc(OCc3ccccc3)cc2F)c(-c2ccccc2)o1. The lowest BCUT2D eigenvalue weighted by Crippen LogP contribution is -2.40. The maximum atomic E-state index is 16.5. The first-order chi connectivity index (χ1) is 23.1. The second-order valence-electron chi connectivity index (χ2n) is 12.9. The maximum absolute atomic E-state index is 16.5. The second-order valence-corrected chi connectivity index (χ2v) is 12.9. The number of anilines is 2. The van der Waals surface area contributed by atoms with Crippen molar-refractivity contribution in [1.29, 1.82) is 0 Å². The molecule has 5 aromatic rings. The van der Waals surface area contributed by atoms with Crippen molar-refractivity contribution in [1.82, 2.24) is 4.98 Å². The van der Waals surface area contributed by atoms with Crippen LogP contribution in [0.3, 0.4) is 0 Å². The van der Waals surface area contributed by atoms with E-state index in [-0.39, 0.29) is 64.4 Å². The van der Waals surface area contributed by atoms with Gasteiger partial charge in [-0.3, -0.25) is 14.5 Å². The summed E-state index contributed by atoms with van der Waals surface area (Å²) in [6.07, 6.45) is 0.616. The number of amides is 1. The maximum Gasteiger partial charge on any atom is 0.281 e. The van der Waals surface area contributed by atoms with Crippen molar-refractivity contribution in [3.8, 4) is 22.8 Å². The number of hydrogen-bond acceptors (Lipinski definition) is 7. The molecule has 2 aliphatic rings. The first-order valence-electron chi connectivity index (χ1n) is 15.8. The standard InChI is InChI=1S/C39H34FN3O5/c1-23-41-35(37(48-23)25-13-8-5-9-14-25)38(46)43-30-15-10-16-31(44)34(30)42-29-20-39(2,3)21-32(45)33(29)36(43)27-18-17-26(19-28(27)40)47-22-24-11-6-4-7-12-24/h4-19,36,42,44H,20-22H2,1-3H3. The molecule has 0 spiro atoms. The van der Waals surface area contributed by atoms with Gasteiger partial charge in [0.2, 0.25) is 0 Å². The average Bonchev–Trinajstić information content (AvgIpc) is 3.39. The Hall–Kier alpha value is -5.70. The fourth-order valence-electron chi connectivity index (χ4n) is 6.59. The fourth-order valence-corrected chi connectivity index (χ4v) is 6.59. The number of Topliss-reactive ketones (excluding diaryl/α,β-unsaturated/α-hetero) is 1. The van der Waals surface area contributed by atoms with Crippen LogP contribution in [0.2, 0.25) is 0 Å². The normalized spacial score (nSPS) is 16.9. The molecule has 1 amide bonds. The zero-order valence-electron chi connectivity index (χ0n) is 26.8. The van der Waals surface area contributed by atoms with Crippen LogP contribution in [0, 0.1) is 18.2 Å². The number of fused-ring (bicyclic) bond motifs is 1. The Morgan fingerprint density at radius 1 is 1.02 bits per heavy atom.